The molecular formula is C11H16N4O. The van der Waals surface area contributed by atoms with E-state index in [1.165, 1.54) is 31.6 Å². The number of amides is 1. The highest BCUT2D eigenvalue weighted by atomic mass is 16.2. The Bertz CT molecular complexity index is 364. The van der Waals surface area contributed by atoms with Crippen LogP contribution < -0.4 is 5.73 Å². The molecule has 1 aromatic heterocycles. The molecule has 5 nitrogen and oxygen atoms in total. The van der Waals surface area contributed by atoms with Gasteiger partial charge in [0.05, 0.1) is 5.56 Å². The van der Waals surface area contributed by atoms with Crippen molar-refractivity contribution in [1.82, 2.24) is 14.9 Å². The molecule has 5 heteroatoms. The van der Waals surface area contributed by atoms with Gasteiger partial charge in [-0.3, -0.25) is 4.79 Å². The van der Waals surface area contributed by atoms with Crippen LogP contribution in [0.2, 0.25) is 0 Å². The van der Waals surface area contributed by atoms with Crippen molar-refractivity contribution in [2.24, 2.45) is 11.7 Å². The van der Waals surface area contributed by atoms with Gasteiger partial charge in [0.1, 0.15) is 6.33 Å². The fourth-order valence-corrected chi connectivity index (χ4v) is 1.91. The minimum absolute atomic E-state index is 0.0528. The smallest absolute Gasteiger partial charge is 0.257 e. The average molecular weight is 220 g/mol. The number of hydrogen-bond donors (Lipinski definition) is 1. The summed E-state index contributed by atoms with van der Waals surface area (Å²) in [6.07, 6.45) is 6.83. The van der Waals surface area contributed by atoms with Gasteiger partial charge in [-0.1, -0.05) is 0 Å². The number of carbonyl (C=O) groups is 1. The summed E-state index contributed by atoms with van der Waals surface area (Å²) in [5, 5.41) is 0. The zero-order chi connectivity index (χ0) is 11.5. The third-order valence-electron chi connectivity index (χ3n) is 3.03. The first-order chi connectivity index (χ1) is 7.74. The number of hydrogen-bond acceptors (Lipinski definition) is 4. The summed E-state index contributed by atoms with van der Waals surface area (Å²) in [7, 11) is 1.80. The van der Waals surface area contributed by atoms with E-state index in [0.29, 0.717) is 18.0 Å². The van der Waals surface area contributed by atoms with Crippen LogP contribution in [0.4, 0.5) is 0 Å². The molecule has 1 aromatic rings. The second kappa shape index (κ2) is 4.57. The molecule has 0 aliphatic heterocycles. The van der Waals surface area contributed by atoms with Crippen LogP contribution in [-0.4, -0.2) is 40.4 Å². The van der Waals surface area contributed by atoms with Crippen molar-refractivity contribution in [3.8, 4) is 0 Å². The number of carbonyl (C=O) groups excluding carboxylic acids is 1. The summed E-state index contributed by atoms with van der Waals surface area (Å²) in [4.78, 5) is 21.5. The normalized spacial score (nSPS) is 16.9. The molecular weight excluding hydrogens is 204 g/mol. The molecule has 2 rings (SSSR count). The van der Waals surface area contributed by atoms with Gasteiger partial charge in [-0.2, -0.15) is 0 Å². The van der Waals surface area contributed by atoms with Crippen LogP contribution in [0.1, 0.15) is 23.2 Å². The van der Waals surface area contributed by atoms with Crippen molar-refractivity contribution in [2.75, 3.05) is 13.6 Å². The molecule has 1 unspecified atom stereocenters. The van der Waals surface area contributed by atoms with Crippen molar-refractivity contribution in [3.63, 3.8) is 0 Å². The molecule has 0 aromatic carbocycles. The van der Waals surface area contributed by atoms with Crippen LogP contribution in [0.3, 0.4) is 0 Å². The van der Waals surface area contributed by atoms with Gasteiger partial charge in [-0.05, 0) is 18.8 Å². The lowest BCUT2D eigenvalue weighted by atomic mass is 10.1. The van der Waals surface area contributed by atoms with Crippen LogP contribution in [0.5, 0.6) is 0 Å². The quantitative estimate of drug-likeness (QED) is 0.791. The molecule has 1 fully saturated rings. The van der Waals surface area contributed by atoms with Gasteiger partial charge in [-0.15, -0.1) is 0 Å². The van der Waals surface area contributed by atoms with E-state index < -0.39 is 0 Å². The van der Waals surface area contributed by atoms with E-state index in [2.05, 4.69) is 9.97 Å². The molecule has 86 valence electrons. The average Bonchev–Trinajstić information content (AvgIpc) is 3.14. The second-order valence-corrected chi connectivity index (χ2v) is 4.18. The highest BCUT2D eigenvalue weighted by Gasteiger charge is 2.35. The molecule has 1 atom stereocenters. The third kappa shape index (κ3) is 2.19. The Balaban J connectivity index is 2.09. The van der Waals surface area contributed by atoms with Crippen LogP contribution in [0, 0.1) is 5.92 Å². The van der Waals surface area contributed by atoms with Gasteiger partial charge in [0.25, 0.3) is 5.91 Å². The van der Waals surface area contributed by atoms with Gasteiger partial charge < -0.3 is 10.6 Å². The predicted molar refractivity (Wildman–Crippen MR) is 59.7 cm³/mol. The second-order valence-electron chi connectivity index (χ2n) is 4.18. The summed E-state index contributed by atoms with van der Waals surface area (Å²) >= 11 is 0. The summed E-state index contributed by atoms with van der Waals surface area (Å²) in [5.74, 6) is 0.520. The lowest BCUT2D eigenvalue weighted by Gasteiger charge is -2.26. The zero-order valence-corrected chi connectivity index (χ0v) is 9.34. The Kier molecular flexibility index (Phi) is 3.14. The standard InChI is InChI=1S/C11H16N4O/c1-15(10(4-12)8-2-3-8)11(16)9-5-13-7-14-6-9/h5-8,10H,2-4,12H2,1H3. The molecule has 0 spiro atoms. The van der Waals surface area contributed by atoms with Gasteiger partial charge >= 0.3 is 0 Å². The fraction of sp³-hybridized carbons (Fsp3) is 0.545. The van der Waals surface area contributed by atoms with Crippen LogP contribution in [0.25, 0.3) is 0 Å². The number of likely N-dealkylation sites (N-methyl/N-ethyl adjacent to an activating group) is 1. The first-order valence-electron chi connectivity index (χ1n) is 5.46. The monoisotopic (exact) mass is 220 g/mol. The predicted octanol–water partition coefficient (Wildman–Crippen LogP) is 0.286. The number of rotatable bonds is 4. The molecule has 2 N–H and O–H groups in total. The molecule has 0 radical (unpaired) electrons. The van der Waals surface area contributed by atoms with Gasteiger partial charge in [-0.25, -0.2) is 9.97 Å². The molecule has 0 bridgehead atoms. The van der Waals surface area contributed by atoms with Crippen LogP contribution >= 0.6 is 0 Å². The van der Waals surface area contributed by atoms with Crippen molar-refractivity contribution < 1.29 is 4.79 Å². The summed E-state index contributed by atoms with van der Waals surface area (Å²) in [6, 6.07) is 0.146. The van der Waals surface area contributed by atoms with E-state index >= 15 is 0 Å². The van der Waals surface area contributed by atoms with E-state index in [4.69, 9.17) is 5.73 Å². The molecule has 0 saturated heterocycles. The summed E-state index contributed by atoms with van der Waals surface area (Å²) in [5.41, 5.74) is 6.22. The minimum Gasteiger partial charge on any atom is -0.337 e. The molecule has 1 heterocycles. The van der Waals surface area contributed by atoms with Gasteiger partial charge in [0.15, 0.2) is 0 Å². The number of nitrogens with two attached hydrogens (primary N) is 1. The van der Waals surface area contributed by atoms with Crippen molar-refractivity contribution in [1.29, 1.82) is 0 Å². The van der Waals surface area contributed by atoms with E-state index in [1.807, 2.05) is 0 Å². The fourth-order valence-electron chi connectivity index (χ4n) is 1.91. The molecule has 1 amide bonds. The van der Waals surface area contributed by atoms with E-state index in [1.54, 1.807) is 11.9 Å². The topological polar surface area (TPSA) is 72.1 Å². The Labute approximate surface area is 94.7 Å². The van der Waals surface area contributed by atoms with Crippen molar-refractivity contribution in [3.05, 3.63) is 24.3 Å². The zero-order valence-electron chi connectivity index (χ0n) is 9.34. The molecule has 1 aliphatic carbocycles. The summed E-state index contributed by atoms with van der Waals surface area (Å²) in [6.45, 7) is 0.514. The number of nitrogens with zero attached hydrogens (tertiary/aromatic N) is 3. The van der Waals surface area contributed by atoms with E-state index in [-0.39, 0.29) is 11.9 Å². The Morgan fingerprint density at radius 2 is 2.19 bits per heavy atom. The lowest BCUT2D eigenvalue weighted by Crippen LogP contribution is -2.43. The largest absolute Gasteiger partial charge is 0.337 e. The SMILES string of the molecule is CN(C(=O)c1cncnc1)C(CN)C1CC1. The molecule has 1 saturated carbocycles. The van der Waals surface area contributed by atoms with Gasteiger partial charge in [0.2, 0.25) is 0 Å². The first kappa shape index (κ1) is 11.0. The Hall–Kier alpha value is -1.49. The van der Waals surface area contributed by atoms with Gasteiger partial charge in [0, 0.05) is 32.0 Å². The maximum atomic E-state index is 12.1. The van der Waals surface area contributed by atoms with Crippen LogP contribution in [-0.2, 0) is 0 Å². The summed E-state index contributed by atoms with van der Waals surface area (Å²) < 4.78 is 0. The minimum atomic E-state index is -0.0528. The van der Waals surface area contributed by atoms with Crippen molar-refractivity contribution >= 4 is 5.91 Å². The Morgan fingerprint density at radius 3 is 2.69 bits per heavy atom. The molecule has 16 heavy (non-hydrogen) atoms. The molecule has 1 aliphatic rings. The highest BCUT2D eigenvalue weighted by molar-refractivity contribution is 5.93. The van der Waals surface area contributed by atoms with Crippen LogP contribution in [0.15, 0.2) is 18.7 Å². The maximum Gasteiger partial charge on any atom is 0.257 e. The first-order valence-corrected chi connectivity index (χ1v) is 5.46. The highest BCUT2D eigenvalue weighted by Crippen LogP contribution is 2.34. The lowest BCUT2D eigenvalue weighted by molar-refractivity contribution is 0.0718. The van der Waals surface area contributed by atoms with E-state index in [9.17, 15) is 4.79 Å². The third-order valence-corrected chi connectivity index (χ3v) is 3.03. The van der Waals surface area contributed by atoms with E-state index in [0.717, 1.165) is 0 Å². The van der Waals surface area contributed by atoms with Crippen molar-refractivity contribution in [2.45, 2.75) is 18.9 Å². The number of aromatic nitrogens is 2. The Morgan fingerprint density at radius 1 is 1.56 bits per heavy atom. The maximum absolute atomic E-state index is 12.1.